The molecule has 0 saturated heterocycles. The third-order valence-electron chi connectivity index (χ3n) is 4.24. The second-order valence-electron chi connectivity index (χ2n) is 6.43. The second kappa shape index (κ2) is 6.89. The van der Waals surface area contributed by atoms with Crippen LogP contribution < -0.4 is 10.9 Å². The third kappa shape index (κ3) is 3.69. The Morgan fingerprint density at radius 1 is 1.20 bits per heavy atom. The Bertz CT molecular complexity index is 995. The van der Waals surface area contributed by atoms with Gasteiger partial charge in [-0.1, -0.05) is 25.4 Å². The molecule has 1 aromatic heterocycles. The van der Waals surface area contributed by atoms with Gasteiger partial charge in [0.2, 0.25) is 0 Å². The van der Waals surface area contributed by atoms with Gasteiger partial charge in [-0.15, -0.1) is 0 Å². The van der Waals surface area contributed by atoms with Gasteiger partial charge in [0, 0.05) is 18.0 Å². The zero-order valence-corrected chi connectivity index (χ0v) is 15.1. The van der Waals surface area contributed by atoms with Crippen molar-refractivity contribution in [1.29, 1.82) is 0 Å². The lowest BCUT2D eigenvalue weighted by Crippen LogP contribution is -2.07. The lowest BCUT2D eigenvalue weighted by atomic mass is 9.95. The Morgan fingerprint density at radius 3 is 2.64 bits per heavy atom. The van der Waals surface area contributed by atoms with Crippen LogP contribution in [0.1, 0.15) is 36.5 Å². The average Bonchev–Trinajstić information content (AvgIpc) is 2.52. The first-order valence-electron chi connectivity index (χ1n) is 8.11. The highest BCUT2D eigenvalue weighted by Crippen LogP contribution is 2.28. The molecule has 1 N–H and O–H groups in total. The molecular formula is C20H19ClFNO2. The predicted octanol–water partition coefficient (Wildman–Crippen LogP) is 5.63. The van der Waals surface area contributed by atoms with Crippen molar-refractivity contribution in [2.45, 2.75) is 33.2 Å². The van der Waals surface area contributed by atoms with Gasteiger partial charge >= 0.3 is 5.63 Å². The maximum atomic E-state index is 13.2. The fraction of sp³-hybridized carbons (Fsp3) is 0.250. The van der Waals surface area contributed by atoms with Gasteiger partial charge in [0.25, 0.3) is 0 Å². The lowest BCUT2D eigenvalue weighted by molar-refractivity contribution is 0.558. The summed E-state index contributed by atoms with van der Waals surface area (Å²) in [5.41, 5.74) is 3.90. The maximum Gasteiger partial charge on any atom is 0.336 e. The number of halogens is 2. The first-order valence-corrected chi connectivity index (χ1v) is 8.49. The van der Waals surface area contributed by atoms with Crippen LogP contribution >= 0.6 is 11.6 Å². The highest BCUT2D eigenvalue weighted by Gasteiger charge is 2.12. The van der Waals surface area contributed by atoms with Gasteiger partial charge in [0.05, 0.1) is 10.7 Å². The van der Waals surface area contributed by atoms with E-state index in [4.69, 9.17) is 16.0 Å². The minimum atomic E-state index is -0.397. The van der Waals surface area contributed by atoms with Crippen molar-refractivity contribution < 1.29 is 8.81 Å². The number of rotatable bonds is 4. The third-order valence-corrected chi connectivity index (χ3v) is 4.55. The van der Waals surface area contributed by atoms with Crippen molar-refractivity contribution in [2.75, 3.05) is 5.32 Å². The molecule has 0 fully saturated rings. The Balaban J connectivity index is 2.02. The summed E-state index contributed by atoms with van der Waals surface area (Å²) in [6.07, 6.45) is 0. The standard InChI is InChI=1S/C20H19ClFNO2/c1-11(2)15-9-16-13(7-20(24)25-19(16)6-12(15)3)10-23-18-5-4-14(22)8-17(18)21/h4-9,11,23H,10H2,1-3H3. The molecule has 0 radical (unpaired) electrons. The van der Waals surface area contributed by atoms with E-state index in [-0.39, 0.29) is 0 Å². The van der Waals surface area contributed by atoms with E-state index >= 15 is 0 Å². The molecular weight excluding hydrogens is 341 g/mol. The summed E-state index contributed by atoms with van der Waals surface area (Å²) in [7, 11) is 0. The lowest BCUT2D eigenvalue weighted by Gasteiger charge is -2.14. The first kappa shape index (κ1) is 17.5. The summed E-state index contributed by atoms with van der Waals surface area (Å²) in [4.78, 5) is 11.9. The summed E-state index contributed by atoms with van der Waals surface area (Å²) in [5, 5.41) is 4.35. The van der Waals surface area contributed by atoms with Crippen molar-refractivity contribution >= 4 is 28.3 Å². The van der Waals surface area contributed by atoms with Crippen molar-refractivity contribution in [1.82, 2.24) is 0 Å². The van der Waals surface area contributed by atoms with Gasteiger partial charge in [0.1, 0.15) is 11.4 Å². The molecule has 0 aliphatic heterocycles. The Kier molecular flexibility index (Phi) is 4.82. The quantitative estimate of drug-likeness (QED) is 0.614. The molecule has 1 heterocycles. The number of hydrogen-bond donors (Lipinski definition) is 1. The van der Waals surface area contributed by atoms with Crippen LogP contribution in [0.2, 0.25) is 5.02 Å². The van der Waals surface area contributed by atoms with Crippen LogP contribution in [-0.4, -0.2) is 0 Å². The second-order valence-corrected chi connectivity index (χ2v) is 6.84. The average molecular weight is 360 g/mol. The minimum Gasteiger partial charge on any atom is -0.423 e. The Labute approximate surface area is 150 Å². The Morgan fingerprint density at radius 2 is 1.96 bits per heavy atom. The van der Waals surface area contributed by atoms with E-state index in [1.807, 2.05) is 13.0 Å². The molecule has 0 atom stereocenters. The zero-order chi connectivity index (χ0) is 18.1. The van der Waals surface area contributed by atoms with Gasteiger partial charge in [-0.2, -0.15) is 0 Å². The molecule has 0 aliphatic carbocycles. The molecule has 0 aliphatic rings. The molecule has 0 unspecified atom stereocenters. The molecule has 3 nitrogen and oxygen atoms in total. The highest BCUT2D eigenvalue weighted by molar-refractivity contribution is 6.33. The number of anilines is 1. The summed E-state index contributed by atoms with van der Waals surface area (Å²) in [6, 6.07) is 9.62. The fourth-order valence-electron chi connectivity index (χ4n) is 2.98. The normalized spacial score (nSPS) is 11.3. The van der Waals surface area contributed by atoms with Crippen LogP contribution in [0.4, 0.5) is 10.1 Å². The summed E-state index contributed by atoms with van der Waals surface area (Å²) in [6.45, 7) is 6.65. The van der Waals surface area contributed by atoms with Crippen LogP contribution in [-0.2, 0) is 6.54 Å². The molecule has 0 amide bonds. The zero-order valence-electron chi connectivity index (χ0n) is 14.3. The van der Waals surface area contributed by atoms with Crippen molar-refractivity contribution in [3.05, 3.63) is 74.3 Å². The van der Waals surface area contributed by atoms with Crippen LogP contribution in [0.15, 0.2) is 45.6 Å². The van der Waals surface area contributed by atoms with Crippen LogP contribution in [0.5, 0.6) is 0 Å². The largest absolute Gasteiger partial charge is 0.423 e. The van der Waals surface area contributed by atoms with Gasteiger partial charge < -0.3 is 9.73 Å². The van der Waals surface area contributed by atoms with Gasteiger partial charge in [-0.3, -0.25) is 0 Å². The topological polar surface area (TPSA) is 42.2 Å². The number of nitrogens with one attached hydrogen (secondary N) is 1. The van der Waals surface area contributed by atoms with E-state index in [9.17, 15) is 9.18 Å². The van der Waals surface area contributed by atoms with Gasteiger partial charge in [-0.25, -0.2) is 9.18 Å². The number of benzene rings is 2. The maximum absolute atomic E-state index is 13.2. The van der Waals surface area contributed by atoms with E-state index in [2.05, 4.69) is 25.2 Å². The Hall–Kier alpha value is -2.33. The smallest absolute Gasteiger partial charge is 0.336 e. The SMILES string of the molecule is Cc1cc2oc(=O)cc(CNc3ccc(F)cc3Cl)c2cc1C(C)C. The molecule has 5 heteroatoms. The highest BCUT2D eigenvalue weighted by atomic mass is 35.5. The van der Waals surface area contributed by atoms with Crippen molar-refractivity contribution in [3.8, 4) is 0 Å². The van der Waals surface area contributed by atoms with Crippen molar-refractivity contribution in [2.24, 2.45) is 0 Å². The van der Waals surface area contributed by atoms with E-state index in [0.29, 0.717) is 28.8 Å². The van der Waals surface area contributed by atoms with E-state index in [1.165, 1.54) is 23.8 Å². The van der Waals surface area contributed by atoms with E-state index < -0.39 is 11.4 Å². The monoisotopic (exact) mass is 359 g/mol. The molecule has 3 rings (SSSR count). The first-order chi connectivity index (χ1) is 11.8. The molecule has 0 saturated carbocycles. The molecule has 2 aromatic carbocycles. The summed E-state index contributed by atoms with van der Waals surface area (Å²) in [5.74, 6) is -0.0258. The van der Waals surface area contributed by atoms with Crippen LogP contribution in [0.25, 0.3) is 11.0 Å². The molecule has 3 aromatic rings. The van der Waals surface area contributed by atoms with Gasteiger partial charge in [0.15, 0.2) is 0 Å². The van der Waals surface area contributed by atoms with Crippen LogP contribution in [0.3, 0.4) is 0 Å². The molecule has 0 bridgehead atoms. The summed E-state index contributed by atoms with van der Waals surface area (Å²) < 4.78 is 18.5. The minimum absolute atomic E-state index is 0.297. The number of hydrogen-bond acceptors (Lipinski definition) is 3. The van der Waals surface area contributed by atoms with Crippen LogP contribution in [0, 0.1) is 12.7 Å². The molecule has 25 heavy (non-hydrogen) atoms. The van der Waals surface area contributed by atoms with Gasteiger partial charge in [-0.05, 0) is 59.9 Å². The number of fused-ring (bicyclic) bond motifs is 1. The molecule has 130 valence electrons. The predicted molar refractivity (Wildman–Crippen MR) is 100 cm³/mol. The van der Waals surface area contributed by atoms with E-state index in [0.717, 1.165) is 16.5 Å². The van der Waals surface area contributed by atoms with Crippen molar-refractivity contribution in [3.63, 3.8) is 0 Å². The number of aryl methyl sites for hydroxylation is 1. The fourth-order valence-corrected chi connectivity index (χ4v) is 3.22. The summed E-state index contributed by atoms with van der Waals surface area (Å²) >= 11 is 6.05. The molecule has 0 spiro atoms. The van der Waals surface area contributed by atoms with E-state index in [1.54, 1.807) is 6.07 Å².